The maximum absolute atomic E-state index is 12.5. The summed E-state index contributed by atoms with van der Waals surface area (Å²) in [6.07, 6.45) is 0.387. The maximum Gasteiger partial charge on any atom is 1.00 e. The Morgan fingerprint density at radius 2 is 1.85 bits per heavy atom. The van der Waals surface area contributed by atoms with Crippen LogP contribution in [-0.4, -0.2) is 12.0 Å². The van der Waals surface area contributed by atoms with E-state index in [0.717, 1.165) is 0 Å². The molecule has 1 aromatic heterocycles. The van der Waals surface area contributed by atoms with Crippen LogP contribution in [0.1, 0.15) is 0 Å². The summed E-state index contributed by atoms with van der Waals surface area (Å²) in [6, 6.07) is 0.534. The molecule has 1 rings (SSSR count). The number of hydrogen-bond donors (Lipinski definition) is 0. The largest absolute Gasteiger partial charge is 1.00 e. The van der Waals surface area contributed by atoms with Crippen molar-refractivity contribution < 1.29 is 68.7 Å². The van der Waals surface area contributed by atoms with Gasteiger partial charge in [-0.3, -0.25) is 0 Å². The Morgan fingerprint density at radius 1 is 1.31 bits per heavy atom. The second-order valence-electron chi connectivity index (χ2n) is 2.10. The minimum absolute atomic E-state index is 0. The molecule has 0 saturated heterocycles. The van der Waals surface area contributed by atoms with Crippen LogP contribution in [0.3, 0.4) is 0 Å². The van der Waals surface area contributed by atoms with Gasteiger partial charge in [-0.2, -0.15) is 0 Å². The van der Waals surface area contributed by atoms with Crippen molar-refractivity contribution in [2.45, 2.75) is 0 Å². The molecule has 1 nitrogen and oxygen atoms in total. The van der Waals surface area contributed by atoms with Crippen molar-refractivity contribution in [3.05, 3.63) is 23.2 Å². The van der Waals surface area contributed by atoms with E-state index in [1.807, 2.05) is 0 Å². The molecule has 0 N–H and O–H groups in total. The van der Waals surface area contributed by atoms with Gasteiger partial charge in [0.15, 0.2) is 0 Å². The topological polar surface area (TPSA) is 12.9 Å². The van der Waals surface area contributed by atoms with Crippen molar-refractivity contribution in [3.63, 3.8) is 0 Å². The Kier molecular flexibility index (Phi) is 5.42. The van der Waals surface area contributed by atoms with Gasteiger partial charge in [-0.15, -0.1) is 0 Å². The molecule has 0 saturated carbocycles. The Bertz CT molecular complexity index is 305. The number of rotatable bonds is 1. The van der Waals surface area contributed by atoms with Crippen molar-refractivity contribution in [2.24, 2.45) is 0 Å². The molecule has 0 aliphatic rings. The summed E-state index contributed by atoms with van der Waals surface area (Å²) in [7, 11) is 0. The minimum atomic E-state index is -5.34. The monoisotopic (exact) mass is 237 g/mol. The van der Waals surface area contributed by atoms with Gasteiger partial charge in [0, 0.05) is 12.3 Å². The van der Waals surface area contributed by atoms with Crippen LogP contribution in [0.4, 0.5) is 17.3 Å². The van der Waals surface area contributed by atoms with Gasteiger partial charge in [0.1, 0.15) is 11.0 Å². The summed E-state index contributed by atoms with van der Waals surface area (Å²) in [4.78, 5) is 3.13. The normalized spacial score (nSPS) is 10.8. The molecule has 0 radical (unpaired) electrons. The van der Waals surface area contributed by atoms with Crippen molar-refractivity contribution in [1.29, 1.82) is 0 Å². The fraction of sp³-hybridized carbons (Fsp3) is 0. The van der Waals surface area contributed by atoms with Crippen molar-refractivity contribution >= 4 is 24.0 Å². The van der Waals surface area contributed by atoms with Crippen LogP contribution in [0.25, 0.3) is 0 Å². The molecule has 0 aromatic carbocycles. The van der Waals surface area contributed by atoms with E-state index in [1.54, 1.807) is 0 Å². The summed E-state index contributed by atoms with van der Waals surface area (Å²) in [5.74, 6) is -1.39. The third-order valence-electron chi connectivity index (χ3n) is 1.20. The zero-order chi connectivity index (χ0) is 9.35. The number of hydrogen-bond acceptors (Lipinski definition) is 1. The molecule has 0 unspecified atom stereocenters. The standard InChI is InChI=1S/C5H2BClF4N.K/c7-5-1-4(8)3(2-12-5)6(9,10)11;/h1-2H;/q-1;+1. The maximum atomic E-state index is 12.5. The van der Waals surface area contributed by atoms with E-state index in [0.29, 0.717) is 12.3 Å². The predicted octanol–water partition coefficient (Wildman–Crippen LogP) is -1.07. The van der Waals surface area contributed by atoms with E-state index in [1.165, 1.54) is 0 Å². The molecular formula is C5H2BClF4KN. The summed E-state index contributed by atoms with van der Waals surface area (Å²) in [5, 5.41) is -0.295. The summed E-state index contributed by atoms with van der Waals surface area (Å²) < 4.78 is 48.3. The second kappa shape index (κ2) is 5.09. The first-order valence-corrected chi connectivity index (χ1v) is 3.30. The molecule has 0 fully saturated rings. The average molecular weight is 237 g/mol. The van der Waals surface area contributed by atoms with Crippen LogP contribution in [0.5, 0.6) is 0 Å². The van der Waals surface area contributed by atoms with Gasteiger partial charge in [0.05, 0.1) is 0 Å². The van der Waals surface area contributed by atoms with Crippen molar-refractivity contribution in [2.75, 3.05) is 0 Å². The van der Waals surface area contributed by atoms with Gasteiger partial charge in [0.2, 0.25) is 0 Å². The molecule has 0 amide bonds. The van der Waals surface area contributed by atoms with E-state index in [-0.39, 0.29) is 56.5 Å². The molecule has 1 aromatic rings. The van der Waals surface area contributed by atoms with Gasteiger partial charge >= 0.3 is 58.4 Å². The smallest absolute Gasteiger partial charge is 0.445 e. The van der Waals surface area contributed by atoms with Crippen LogP contribution >= 0.6 is 11.6 Å². The summed E-state index contributed by atoms with van der Waals surface area (Å²) in [6.45, 7) is -5.34. The number of pyridine rings is 1. The zero-order valence-electron chi connectivity index (χ0n) is 6.57. The minimum Gasteiger partial charge on any atom is -0.445 e. The number of nitrogens with zero attached hydrogens (tertiary/aromatic N) is 1. The summed E-state index contributed by atoms with van der Waals surface area (Å²) in [5.41, 5.74) is -1.35. The van der Waals surface area contributed by atoms with Crippen molar-refractivity contribution in [1.82, 2.24) is 4.98 Å². The third kappa shape index (κ3) is 3.85. The van der Waals surface area contributed by atoms with E-state index < -0.39 is 18.3 Å². The molecule has 0 spiro atoms. The van der Waals surface area contributed by atoms with Gasteiger partial charge in [-0.25, -0.2) is 9.37 Å². The Balaban J connectivity index is 0.00000144. The fourth-order valence-corrected chi connectivity index (χ4v) is 0.803. The van der Waals surface area contributed by atoms with Gasteiger partial charge in [-0.1, -0.05) is 17.1 Å². The van der Waals surface area contributed by atoms with Crippen molar-refractivity contribution in [3.8, 4) is 0 Å². The fourth-order valence-electron chi connectivity index (χ4n) is 0.659. The Morgan fingerprint density at radius 3 is 2.23 bits per heavy atom. The van der Waals surface area contributed by atoms with Crippen LogP contribution in [0.15, 0.2) is 12.3 Å². The van der Waals surface area contributed by atoms with Gasteiger partial charge in [-0.05, 0) is 0 Å². The van der Waals surface area contributed by atoms with E-state index in [4.69, 9.17) is 11.6 Å². The van der Waals surface area contributed by atoms with Gasteiger partial charge < -0.3 is 12.9 Å². The van der Waals surface area contributed by atoms with Crippen LogP contribution < -0.4 is 56.8 Å². The molecule has 0 bridgehead atoms. The molecule has 1 heterocycles. The average Bonchev–Trinajstić information content (AvgIpc) is 1.83. The zero-order valence-corrected chi connectivity index (χ0v) is 10.4. The first kappa shape index (κ1) is 13.9. The molecule has 0 aliphatic heterocycles. The van der Waals surface area contributed by atoms with E-state index >= 15 is 0 Å². The molecular weight excluding hydrogens is 235 g/mol. The molecule has 8 heteroatoms. The Labute approximate surface area is 119 Å². The van der Waals surface area contributed by atoms with Crippen LogP contribution in [-0.2, 0) is 0 Å². The van der Waals surface area contributed by atoms with Gasteiger partial charge in [0.25, 0.3) is 0 Å². The second-order valence-corrected chi connectivity index (χ2v) is 2.49. The quantitative estimate of drug-likeness (QED) is 0.344. The predicted molar refractivity (Wildman–Crippen MR) is 37.9 cm³/mol. The first-order chi connectivity index (χ1) is 5.41. The SMILES string of the molecule is Fc1cc(Cl)ncc1[B-](F)(F)F.[K+]. The van der Waals surface area contributed by atoms with Crippen LogP contribution in [0.2, 0.25) is 5.15 Å². The van der Waals surface area contributed by atoms with E-state index in [2.05, 4.69) is 4.98 Å². The van der Waals surface area contributed by atoms with Crippen LogP contribution in [0, 0.1) is 5.82 Å². The summed E-state index contributed by atoms with van der Waals surface area (Å²) >= 11 is 5.16. The molecule has 13 heavy (non-hydrogen) atoms. The Hall–Kier alpha value is 0.861. The molecule has 0 atom stereocenters. The molecule has 66 valence electrons. The third-order valence-corrected chi connectivity index (χ3v) is 1.41. The van der Waals surface area contributed by atoms with E-state index in [9.17, 15) is 17.3 Å². The number of aromatic nitrogens is 1. The number of halogens is 5. The first-order valence-electron chi connectivity index (χ1n) is 2.92. The molecule has 0 aliphatic carbocycles.